The molecule has 0 amide bonds. The monoisotopic (exact) mass is 346 g/mol. The fourth-order valence-corrected chi connectivity index (χ4v) is 3.01. The van der Waals surface area contributed by atoms with Gasteiger partial charge in [-0.2, -0.15) is 0 Å². The number of benzene rings is 3. The molecule has 0 aliphatic carbocycles. The van der Waals surface area contributed by atoms with Gasteiger partial charge in [-0.3, -0.25) is 0 Å². The van der Waals surface area contributed by atoms with Crippen LogP contribution >= 0.6 is 0 Å². The van der Waals surface area contributed by atoms with Gasteiger partial charge in [0.15, 0.2) is 0 Å². The first kappa shape index (κ1) is 18.7. The molecule has 0 N–H and O–H groups in total. The predicted molar refractivity (Wildman–Crippen MR) is 93.3 cm³/mol. The molecule has 0 atom stereocenters. The minimum absolute atomic E-state index is 0. The van der Waals surface area contributed by atoms with Crippen molar-refractivity contribution in [1.82, 2.24) is 0 Å². The fourth-order valence-electron chi connectivity index (χ4n) is 2.27. The molecular formula is C18H15N2NaO2S. The van der Waals surface area contributed by atoms with Crippen molar-refractivity contribution in [2.24, 2.45) is 5.10 Å². The second-order valence-corrected chi connectivity index (χ2v) is 6.77. The van der Waals surface area contributed by atoms with Crippen LogP contribution in [0.3, 0.4) is 0 Å². The topological polar surface area (TPSA) is 60.6 Å². The molecule has 24 heavy (non-hydrogen) atoms. The molecule has 4 nitrogen and oxygen atoms in total. The van der Waals surface area contributed by atoms with Gasteiger partial charge in [-0.05, 0) is 35.4 Å². The van der Waals surface area contributed by atoms with Crippen LogP contribution in [-0.4, -0.2) is 14.6 Å². The molecule has 0 unspecified atom stereocenters. The van der Waals surface area contributed by atoms with Crippen LogP contribution in [0.25, 0.3) is 15.6 Å². The van der Waals surface area contributed by atoms with Crippen LogP contribution in [0, 0.1) is 6.92 Å². The molecule has 0 bridgehead atoms. The minimum atomic E-state index is -3.77. The Morgan fingerprint density at radius 2 is 1.58 bits per heavy atom. The Morgan fingerprint density at radius 3 is 2.33 bits per heavy atom. The largest absolute Gasteiger partial charge is 1.00 e. The van der Waals surface area contributed by atoms with E-state index in [0.717, 1.165) is 21.9 Å². The maximum Gasteiger partial charge on any atom is 1.00 e. The first-order chi connectivity index (χ1) is 11.1. The molecule has 0 radical (unpaired) electrons. The summed E-state index contributed by atoms with van der Waals surface area (Å²) < 4.78 is 24.2. The molecule has 6 heteroatoms. The van der Waals surface area contributed by atoms with Gasteiger partial charge in [-0.25, -0.2) is 8.42 Å². The first-order valence-corrected chi connectivity index (χ1v) is 8.55. The fraction of sp³-hybridized carbons (Fsp3) is 0.0556. The van der Waals surface area contributed by atoms with Gasteiger partial charge in [0.1, 0.15) is 10.0 Å². The van der Waals surface area contributed by atoms with Crippen LogP contribution < -0.4 is 29.6 Å². The second-order valence-electron chi connectivity index (χ2n) is 5.18. The molecule has 0 heterocycles. The van der Waals surface area contributed by atoms with Crippen LogP contribution in [0.5, 0.6) is 0 Å². The van der Waals surface area contributed by atoms with Crippen molar-refractivity contribution < 1.29 is 38.0 Å². The predicted octanol–water partition coefficient (Wildman–Crippen LogP) is 1.25. The number of fused-ring (bicyclic) bond motifs is 1. The van der Waals surface area contributed by atoms with E-state index in [1.165, 1.54) is 18.3 Å². The van der Waals surface area contributed by atoms with Gasteiger partial charge in [-0.15, -0.1) is 0 Å². The number of hydrogen-bond acceptors (Lipinski definition) is 3. The molecule has 0 spiro atoms. The van der Waals surface area contributed by atoms with Crippen LogP contribution in [0.1, 0.15) is 11.1 Å². The van der Waals surface area contributed by atoms with Gasteiger partial charge in [0, 0.05) is 6.21 Å². The van der Waals surface area contributed by atoms with Gasteiger partial charge in [0.05, 0.1) is 4.90 Å². The van der Waals surface area contributed by atoms with Crippen molar-refractivity contribution in [3.05, 3.63) is 82.7 Å². The summed E-state index contributed by atoms with van der Waals surface area (Å²) in [4.78, 5) is 3.64. The molecular weight excluding hydrogens is 331 g/mol. The molecule has 0 fully saturated rings. The van der Waals surface area contributed by atoms with Crippen molar-refractivity contribution >= 4 is 27.0 Å². The Kier molecular flexibility index (Phi) is 6.18. The van der Waals surface area contributed by atoms with Crippen molar-refractivity contribution in [1.29, 1.82) is 0 Å². The van der Waals surface area contributed by atoms with Crippen molar-refractivity contribution in [2.45, 2.75) is 11.8 Å². The number of hydrogen-bond donors (Lipinski definition) is 0. The summed E-state index contributed by atoms with van der Waals surface area (Å²) in [7, 11) is -3.77. The average Bonchev–Trinajstić information content (AvgIpc) is 2.55. The van der Waals surface area contributed by atoms with Crippen LogP contribution in [0.4, 0.5) is 0 Å². The molecule has 0 aliphatic rings. The Labute approximate surface area is 163 Å². The maximum atomic E-state index is 12.1. The smallest absolute Gasteiger partial charge is 0.491 e. The average molecular weight is 346 g/mol. The molecule has 3 aromatic rings. The van der Waals surface area contributed by atoms with E-state index in [4.69, 9.17) is 0 Å². The van der Waals surface area contributed by atoms with Gasteiger partial charge in [-0.1, -0.05) is 60.2 Å². The number of sulfonamides is 1. The summed E-state index contributed by atoms with van der Waals surface area (Å²) in [5, 5.41) is 5.84. The Balaban J connectivity index is 0.00000208. The van der Waals surface area contributed by atoms with Gasteiger partial charge in [0.25, 0.3) is 0 Å². The zero-order valence-corrected chi connectivity index (χ0v) is 16.4. The SMILES string of the molecule is Cc1ccc(S(=O)(=O)[N-]/N=C/c2cccc3ccccc23)cc1.[Na+]. The van der Waals surface area contributed by atoms with Crippen LogP contribution in [-0.2, 0) is 10.0 Å². The standard InChI is InChI=1S/C18H15N2O2S.Na/c1-14-9-11-17(12-10-14)23(21,22)20-19-13-16-7-4-6-15-5-2-3-8-18(15)16;/h2-13H,1H3;/q-1;+1/b19-13+;. The third-order valence-electron chi connectivity index (χ3n) is 3.49. The Bertz CT molecular complexity index is 962. The zero-order valence-electron chi connectivity index (χ0n) is 13.5. The van der Waals surface area contributed by atoms with Crippen LogP contribution in [0.15, 0.2) is 76.7 Å². The molecule has 0 aromatic heterocycles. The number of rotatable bonds is 4. The van der Waals surface area contributed by atoms with Gasteiger partial charge in [0.2, 0.25) is 0 Å². The van der Waals surface area contributed by atoms with E-state index in [9.17, 15) is 8.42 Å². The summed E-state index contributed by atoms with van der Waals surface area (Å²) in [5.74, 6) is 0. The second kappa shape index (κ2) is 7.94. The van der Waals surface area contributed by atoms with E-state index >= 15 is 0 Å². The molecule has 0 saturated carbocycles. The summed E-state index contributed by atoms with van der Waals surface area (Å²) in [5.41, 5.74) is 1.81. The van der Waals surface area contributed by atoms with E-state index in [1.807, 2.05) is 49.4 Å². The van der Waals surface area contributed by atoms with E-state index in [0.29, 0.717) is 0 Å². The van der Waals surface area contributed by atoms with Crippen molar-refractivity contribution in [2.75, 3.05) is 0 Å². The Hall–Kier alpha value is -1.66. The van der Waals surface area contributed by atoms with Crippen molar-refractivity contribution in [3.63, 3.8) is 0 Å². The van der Waals surface area contributed by atoms with Gasteiger partial charge < -0.3 is 9.93 Å². The van der Waals surface area contributed by atoms with E-state index in [2.05, 4.69) is 9.93 Å². The molecule has 3 aromatic carbocycles. The maximum absolute atomic E-state index is 12.1. The summed E-state index contributed by atoms with van der Waals surface area (Å²) in [6.07, 6.45) is 1.47. The number of aryl methyl sites for hydroxylation is 1. The summed E-state index contributed by atoms with van der Waals surface area (Å²) in [6.45, 7) is 1.90. The summed E-state index contributed by atoms with van der Waals surface area (Å²) in [6, 6.07) is 20.1. The summed E-state index contributed by atoms with van der Waals surface area (Å²) >= 11 is 0. The van der Waals surface area contributed by atoms with Gasteiger partial charge >= 0.3 is 29.6 Å². The minimum Gasteiger partial charge on any atom is -0.491 e. The molecule has 0 saturated heterocycles. The Morgan fingerprint density at radius 1 is 0.917 bits per heavy atom. The van der Waals surface area contributed by atoms with Crippen LogP contribution in [0.2, 0.25) is 0 Å². The third kappa shape index (κ3) is 4.24. The molecule has 116 valence electrons. The quantitative estimate of drug-likeness (QED) is 0.405. The number of nitrogens with zero attached hydrogens (tertiary/aromatic N) is 2. The third-order valence-corrected chi connectivity index (χ3v) is 4.67. The normalized spacial score (nSPS) is 11.4. The van der Waals surface area contributed by atoms with E-state index in [-0.39, 0.29) is 34.5 Å². The van der Waals surface area contributed by atoms with Crippen molar-refractivity contribution in [3.8, 4) is 0 Å². The van der Waals surface area contributed by atoms with E-state index in [1.54, 1.807) is 12.1 Å². The molecule has 3 rings (SSSR count). The first-order valence-electron chi connectivity index (χ1n) is 7.11. The van der Waals surface area contributed by atoms with E-state index < -0.39 is 10.0 Å². The molecule has 0 aliphatic heterocycles. The zero-order chi connectivity index (χ0) is 16.3.